The first-order valence-electron chi connectivity index (χ1n) is 4.02. The van der Waals surface area contributed by atoms with Crippen molar-refractivity contribution < 1.29 is 4.42 Å². The van der Waals surface area contributed by atoms with Gasteiger partial charge < -0.3 is 4.42 Å². The van der Waals surface area contributed by atoms with Gasteiger partial charge in [0, 0.05) is 17.8 Å². The van der Waals surface area contributed by atoms with E-state index in [-0.39, 0.29) is 0 Å². The molecule has 3 aromatic rings. The van der Waals surface area contributed by atoms with Crippen molar-refractivity contribution in [2.75, 3.05) is 0 Å². The minimum atomic E-state index is 0.727. The summed E-state index contributed by atoms with van der Waals surface area (Å²) in [5.74, 6) is 0. The monoisotopic (exact) mass is 170 g/mol. The fraction of sp³-hybridized carbons (Fsp3) is 0. The second-order valence-corrected chi connectivity index (χ2v) is 2.84. The summed E-state index contributed by atoms with van der Waals surface area (Å²) in [5, 5.41) is 1.98. The van der Waals surface area contributed by atoms with E-state index in [1.807, 2.05) is 18.2 Å². The Hall–Kier alpha value is -1.90. The van der Waals surface area contributed by atoms with E-state index < -0.39 is 0 Å². The van der Waals surface area contributed by atoms with Crippen molar-refractivity contribution in [3.05, 3.63) is 36.9 Å². The van der Waals surface area contributed by atoms with Gasteiger partial charge >= 0.3 is 0 Å². The summed E-state index contributed by atoms with van der Waals surface area (Å²) in [6.07, 6.45) is 5.16. The van der Waals surface area contributed by atoms with Gasteiger partial charge in [-0.25, -0.2) is 9.97 Å². The van der Waals surface area contributed by atoms with Crippen LogP contribution in [0.15, 0.2) is 41.3 Å². The first-order valence-corrected chi connectivity index (χ1v) is 4.02. The second kappa shape index (κ2) is 2.29. The van der Waals surface area contributed by atoms with Gasteiger partial charge in [-0.3, -0.25) is 0 Å². The highest BCUT2D eigenvalue weighted by atomic mass is 16.3. The van der Waals surface area contributed by atoms with Crippen molar-refractivity contribution in [2.24, 2.45) is 0 Å². The number of aromatic nitrogens is 2. The van der Waals surface area contributed by atoms with Crippen LogP contribution in [-0.4, -0.2) is 9.97 Å². The number of rotatable bonds is 0. The van der Waals surface area contributed by atoms with E-state index in [0.29, 0.717) is 0 Å². The van der Waals surface area contributed by atoms with Crippen molar-refractivity contribution in [1.82, 2.24) is 9.97 Å². The molecule has 0 aliphatic heterocycles. The third-order valence-corrected chi connectivity index (χ3v) is 2.05. The summed E-state index contributed by atoms with van der Waals surface area (Å²) in [5.41, 5.74) is 1.59. The molecule has 0 spiro atoms. The van der Waals surface area contributed by atoms with Crippen molar-refractivity contribution >= 4 is 22.0 Å². The van der Waals surface area contributed by atoms with Gasteiger partial charge in [-0.2, -0.15) is 0 Å². The minimum absolute atomic E-state index is 0.727. The van der Waals surface area contributed by atoms with Gasteiger partial charge in [0.15, 0.2) is 5.65 Å². The average molecular weight is 170 g/mol. The number of hydrogen-bond acceptors (Lipinski definition) is 3. The lowest BCUT2D eigenvalue weighted by Gasteiger charge is -1.94. The predicted octanol–water partition coefficient (Wildman–Crippen LogP) is 2.38. The quantitative estimate of drug-likeness (QED) is 0.520. The van der Waals surface area contributed by atoms with Crippen molar-refractivity contribution in [3.63, 3.8) is 0 Å². The summed E-state index contributed by atoms with van der Waals surface area (Å²) in [7, 11) is 0. The molecule has 0 amide bonds. The molecule has 0 saturated heterocycles. The summed E-state index contributed by atoms with van der Waals surface area (Å²) >= 11 is 0. The highest BCUT2D eigenvalue weighted by Crippen LogP contribution is 2.22. The topological polar surface area (TPSA) is 38.9 Å². The highest BCUT2D eigenvalue weighted by Gasteiger charge is 2.03. The molecule has 0 N–H and O–H groups in total. The maximum atomic E-state index is 5.35. The van der Waals surface area contributed by atoms with Crippen LogP contribution in [0.5, 0.6) is 0 Å². The molecule has 0 aliphatic rings. The van der Waals surface area contributed by atoms with Crippen LogP contribution in [0, 0.1) is 0 Å². The SMILES string of the molecule is c1cnc2ncc3ccoc3c2c1. The van der Waals surface area contributed by atoms with E-state index >= 15 is 0 Å². The van der Waals surface area contributed by atoms with Gasteiger partial charge in [-0.15, -0.1) is 0 Å². The molecule has 3 aromatic heterocycles. The number of hydrogen-bond donors (Lipinski definition) is 0. The Kier molecular flexibility index (Phi) is 1.16. The molecule has 0 radical (unpaired) electrons. The van der Waals surface area contributed by atoms with Crippen LogP contribution >= 0.6 is 0 Å². The zero-order valence-corrected chi connectivity index (χ0v) is 6.77. The van der Waals surface area contributed by atoms with Crippen molar-refractivity contribution in [2.45, 2.75) is 0 Å². The number of nitrogens with zero attached hydrogens (tertiary/aromatic N) is 2. The van der Waals surface area contributed by atoms with Gasteiger partial charge in [-0.1, -0.05) is 0 Å². The van der Waals surface area contributed by atoms with E-state index in [1.54, 1.807) is 18.7 Å². The first-order chi connectivity index (χ1) is 6.45. The normalized spacial score (nSPS) is 11.1. The maximum absolute atomic E-state index is 5.35. The van der Waals surface area contributed by atoms with Crippen LogP contribution in [0.25, 0.3) is 22.0 Å². The molecule has 0 atom stereocenters. The smallest absolute Gasteiger partial charge is 0.162 e. The summed E-state index contributed by atoms with van der Waals surface area (Å²) in [6, 6.07) is 5.74. The third kappa shape index (κ3) is 0.839. The number of furan rings is 1. The van der Waals surface area contributed by atoms with Gasteiger partial charge in [0.05, 0.1) is 11.6 Å². The fourth-order valence-corrected chi connectivity index (χ4v) is 1.45. The molecular formula is C10H6N2O. The standard InChI is InChI=1S/C10H6N2O/c1-2-8-9-7(3-5-13-9)6-12-10(8)11-4-1/h1-6H. The van der Waals surface area contributed by atoms with Gasteiger partial charge in [0.25, 0.3) is 0 Å². The molecule has 62 valence electrons. The van der Waals surface area contributed by atoms with Crippen molar-refractivity contribution in [1.29, 1.82) is 0 Å². The minimum Gasteiger partial charge on any atom is -0.464 e. The third-order valence-electron chi connectivity index (χ3n) is 2.05. The molecule has 0 bridgehead atoms. The van der Waals surface area contributed by atoms with Crippen LogP contribution in [0.3, 0.4) is 0 Å². The van der Waals surface area contributed by atoms with Crippen LogP contribution < -0.4 is 0 Å². The molecule has 3 nitrogen and oxygen atoms in total. The Morgan fingerprint density at radius 1 is 1.15 bits per heavy atom. The molecule has 0 aliphatic carbocycles. The van der Waals surface area contributed by atoms with E-state index in [9.17, 15) is 0 Å². The summed E-state index contributed by atoms with van der Waals surface area (Å²) < 4.78 is 5.35. The predicted molar refractivity (Wildman–Crippen MR) is 49.3 cm³/mol. The van der Waals surface area contributed by atoms with Crippen LogP contribution in [0.4, 0.5) is 0 Å². The Bertz CT molecular complexity index is 571. The first kappa shape index (κ1) is 6.60. The molecule has 0 unspecified atom stereocenters. The Morgan fingerprint density at radius 3 is 3.15 bits per heavy atom. The van der Waals surface area contributed by atoms with Crippen LogP contribution in [0.1, 0.15) is 0 Å². The second-order valence-electron chi connectivity index (χ2n) is 2.84. The summed E-state index contributed by atoms with van der Waals surface area (Å²) in [4.78, 5) is 8.35. The lowest BCUT2D eigenvalue weighted by molar-refractivity contribution is 0.619. The average Bonchev–Trinajstić information content (AvgIpc) is 2.65. The Morgan fingerprint density at radius 2 is 2.15 bits per heavy atom. The van der Waals surface area contributed by atoms with E-state index in [2.05, 4.69) is 9.97 Å². The molecule has 3 heterocycles. The lowest BCUT2D eigenvalue weighted by Crippen LogP contribution is -1.81. The largest absolute Gasteiger partial charge is 0.464 e. The summed E-state index contributed by atoms with van der Waals surface area (Å²) in [6.45, 7) is 0. The lowest BCUT2D eigenvalue weighted by atomic mass is 10.2. The maximum Gasteiger partial charge on any atom is 0.162 e. The molecule has 0 saturated carbocycles. The van der Waals surface area contributed by atoms with Gasteiger partial charge in [-0.05, 0) is 18.2 Å². The molecular weight excluding hydrogens is 164 g/mol. The highest BCUT2D eigenvalue weighted by molar-refractivity contribution is 6.00. The molecule has 3 heteroatoms. The van der Waals surface area contributed by atoms with Crippen molar-refractivity contribution in [3.8, 4) is 0 Å². The number of fused-ring (bicyclic) bond motifs is 3. The fourth-order valence-electron chi connectivity index (χ4n) is 1.45. The molecule has 0 fully saturated rings. The van der Waals surface area contributed by atoms with E-state index in [0.717, 1.165) is 22.0 Å². The molecule has 3 rings (SSSR count). The van der Waals surface area contributed by atoms with Gasteiger partial charge in [0.1, 0.15) is 5.58 Å². The van der Waals surface area contributed by atoms with E-state index in [1.165, 1.54) is 0 Å². The van der Waals surface area contributed by atoms with Crippen LogP contribution in [0.2, 0.25) is 0 Å². The molecule has 0 aromatic carbocycles. The zero-order valence-electron chi connectivity index (χ0n) is 6.77. The molecule has 13 heavy (non-hydrogen) atoms. The van der Waals surface area contributed by atoms with Gasteiger partial charge in [0.2, 0.25) is 0 Å². The van der Waals surface area contributed by atoms with E-state index in [4.69, 9.17) is 4.42 Å². The Balaban J connectivity index is 2.65. The Labute approximate surface area is 74.0 Å². The van der Waals surface area contributed by atoms with Crippen LogP contribution in [-0.2, 0) is 0 Å². The number of pyridine rings is 2. The zero-order chi connectivity index (χ0) is 8.67.